The van der Waals surface area contributed by atoms with E-state index in [0.29, 0.717) is 50.4 Å². The Kier molecular flexibility index (Phi) is 8.82. The first-order valence-corrected chi connectivity index (χ1v) is 13.0. The first kappa shape index (κ1) is 25.9. The molecular formula is C25H33N3O5S. The summed E-state index contributed by atoms with van der Waals surface area (Å²) in [6.45, 7) is 7.41. The van der Waals surface area contributed by atoms with Crippen LogP contribution in [0.2, 0.25) is 0 Å². The lowest BCUT2D eigenvalue weighted by Crippen LogP contribution is -2.41. The highest BCUT2D eigenvalue weighted by Crippen LogP contribution is 2.23. The van der Waals surface area contributed by atoms with Crippen LogP contribution in [0.1, 0.15) is 48.7 Å². The number of aryl methyl sites for hydroxylation is 1. The van der Waals surface area contributed by atoms with E-state index in [1.807, 2.05) is 39.0 Å². The van der Waals surface area contributed by atoms with Gasteiger partial charge in [-0.05, 0) is 47.7 Å². The number of hydrogen-bond donors (Lipinski definition) is 2. The summed E-state index contributed by atoms with van der Waals surface area (Å²) in [4.78, 5) is 25.0. The Morgan fingerprint density at radius 2 is 1.82 bits per heavy atom. The van der Waals surface area contributed by atoms with Crippen molar-refractivity contribution < 1.29 is 22.7 Å². The van der Waals surface area contributed by atoms with Crippen LogP contribution < -0.4 is 10.6 Å². The molecule has 2 N–H and O–H groups in total. The highest BCUT2D eigenvalue weighted by molar-refractivity contribution is 7.89. The van der Waals surface area contributed by atoms with Crippen LogP contribution in [0.3, 0.4) is 0 Å². The van der Waals surface area contributed by atoms with Crippen molar-refractivity contribution in [1.82, 2.24) is 9.62 Å². The molecule has 1 saturated heterocycles. The number of hydrogen-bond acceptors (Lipinski definition) is 5. The van der Waals surface area contributed by atoms with Crippen LogP contribution in [-0.2, 0) is 32.5 Å². The Morgan fingerprint density at radius 3 is 2.50 bits per heavy atom. The number of morpholine rings is 1. The van der Waals surface area contributed by atoms with E-state index in [4.69, 9.17) is 4.74 Å². The maximum absolute atomic E-state index is 13.2. The van der Waals surface area contributed by atoms with Crippen LogP contribution in [-0.4, -0.2) is 50.8 Å². The fourth-order valence-corrected chi connectivity index (χ4v) is 5.51. The molecule has 0 radical (unpaired) electrons. The molecule has 0 saturated carbocycles. The van der Waals surface area contributed by atoms with Gasteiger partial charge in [0.15, 0.2) is 0 Å². The Balaban J connectivity index is 1.71. The second-order valence-electron chi connectivity index (χ2n) is 8.72. The van der Waals surface area contributed by atoms with Crippen molar-refractivity contribution in [3.8, 4) is 0 Å². The fraction of sp³-hybridized carbons (Fsp3) is 0.440. The normalized spacial score (nSPS) is 14.7. The maximum atomic E-state index is 13.2. The van der Waals surface area contributed by atoms with E-state index in [1.165, 1.54) is 10.4 Å². The Morgan fingerprint density at radius 1 is 1.09 bits per heavy atom. The van der Waals surface area contributed by atoms with Crippen molar-refractivity contribution in [2.45, 2.75) is 45.1 Å². The summed E-state index contributed by atoms with van der Waals surface area (Å²) in [6, 6.07) is 12.1. The van der Waals surface area contributed by atoms with Crippen molar-refractivity contribution in [3.05, 3.63) is 59.2 Å². The van der Waals surface area contributed by atoms with Gasteiger partial charge in [0.05, 0.1) is 18.1 Å². The third-order valence-electron chi connectivity index (χ3n) is 5.56. The zero-order valence-corrected chi connectivity index (χ0v) is 20.8. The second kappa shape index (κ2) is 11.6. The number of nitrogens with one attached hydrogen (secondary N) is 2. The molecule has 0 aliphatic carbocycles. The van der Waals surface area contributed by atoms with E-state index in [9.17, 15) is 18.0 Å². The van der Waals surface area contributed by atoms with E-state index in [2.05, 4.69) is 10.6 Å². The number of ether oxygens (including phenoxy) is 1. The number of carbonyl (C=O) groups is 2. The summed E-state index contributed by atoms with van der Waals surface area (Å²) < 4.78 is 33.1. The molecule has 2 aromatic carbocycles. The highest BCUT2D eigenvalue weighted by atomic mass is 32.2. The van der Waals surface area contributed by atoms with Crippen LogP contribution >= 0.6 is 0 Å². The van der Waals surface area contributed by atoms with Gasteiger partial charge in [0.1, 0.15) is 0 Å². The van der Waals surface area contributed by atoms with E-state index in [-0.39, 0.29) is 34.7 Å². The van der Waals surface area contributed by atoms with Crippen LogP contribution in [0.5, 0.6) is 0 Å². The molecule has 2 amide bonds. The molecule has 0 unspecified atom stereocenters. The summed E-state index contributed by atoms with van der Waals surface area (Å²) in [5.74, 6) is -0.157. The molecule has 0 atom stereocenters. The van der Waals surface area contributed by atoms with Crippen LogP contribution in [0.25, 0.3) is 0 Å². The zero-order valence-electron chi connectivity index (χ0n) is 20.0. The van der Waals surface area contributed by atoms with Gasteiger partial charge in [-0.2, -0.15) is 4.31 Å². The minimum Gasteiger partial charge on any atom is -0.379 e. The third-order valence-corrected chi connectivity index (χ3v) is 7.54. The second-order valence-corrected chi connectivity index (χ2v) is 10.6. The van der Waals surface area contributed by atoms with E-state index in [0.717, 1.165) is 5.56 Å². The van der Waals surface area contributed by atoms with Crippen molar-refractivity contribution >= 4 is 27.5 Å². The van der Waals surface area contributed by atoms with Gasteiger partial charge >= 0.3 is 0 Å². The zero-order chi connectivity index (χ0) is 24.7. The average molecular weight is 488 g/mol. The summed E-state index contributed by atoms with van der Waals surface area (Å²) in [6.07, 6.45) is 0.973. The van der Waals surface area contributed by atoms with Gasteiger partial charge in [0.25, 0.3) is 5.91 Å². The van der Waals surface area contributed by atoms with E-state index in [1.54, 1.807) is 18.2 Å². The smallest absolute Gasteiger partial charge is 0.251 e. The number of nitrogens with zero attached hydrogens (tertiary/aromatic N) is 1. The number of amides is 2. The highest BCUT2D eigenvalue weighted by Gasteiger charge is 2.29. The van der Waals surface area contributed by atoms with E-state index >= 15 is 0 Å². The molecule has 1 aliphatic rings. The van der Waals surface area contributed by atoms with Gasteiger partial charge in [-0.25, -0.2) is 8.42 Å². The summed E-state index contributed by atoms with van der Waals surface area (Å²) in [7, 11) is -3.72. The molecule has 3 rings (SSSR count). The number of sulfonamides is 1. The van der Waals surface area contributed by atoms with Gasteiger partial charge in [-0.3, -0.25) is 9.59 Å². The lowest BCUT2D eigenvalue weighted by Gasteiger charge is -2.27. The van der Waals surface area contributed by atoms with Gasteiger partial charge < -0.3 is 15.4 Å². The molecule has 8 nitrogen and oxygen atoms in total. The largest absolute Gasteiger partial charge is 0.379 e. The number of rotatable bonds is 9. The van der Waals surface area contributed by atoms with Gasteiger partial charge in [-0.1, -0.05) is 39.0 Å². The van der Waals surface area contributed by atoms with Crippen molar-refractivity contribution in [1.29, 1.82) is 0 Å². The summed E-state index contributed by atoms with van der Waals surface area (Å²) >= 11 is 0. The minimum absolute atomic E-state index is 0.0544. The van der Waals surface area contributed by atoms with E-state index < -0.39 is 10.0 Å². The number of anilines is 1. The molecule has 1 fully saturated rings. The quantitative estimate of drug-likeness (QED) is 0.565. The van der Waals surface area contributed by atoms with Gasteiger partial charge in [-0.15, -0.1) is 0 Å². The molecule has 9 heteroatoms. The van der Waals surface area contributed by atoms with Gasteiger partial charge in [0.2, 0.25) is 15.9 Å². The molecule has 1 heterocycles. The molecular weight excluding hydrogens is 454 g/mol. The predicted octanol–water partition coefficient (Wildman–Crippen LogP) is 3.18. The lowest BCUT2D eigenvalue weighted by atomic mass is 10.1. The van der Waals surface area contributed by atoms with Crippen molar-refractivity contribution in [3.63, 3.8) is 0 Å². The first-order chi connectivity index (χ1) is 16.2. The summed E-state index contributed by atoms with van der Waals surface area (Å²) in [5.41, 5.74) is 2.45. The molecule has 0 aromatic heterocycles. The topological polar surface area (TPSA) is 105 Å². The van der Waals surface area contributed by atoms with Crippen molar-refractivity contribution in [2.75, 3.05) is 31.6 Å². The standard InChI is InChI=1S/C25H33N3O5S/c1-4-20-8-9-21(16-23(20)34(31,32)28-10-12-33-13-11-28)25(30)26-17-19-6-5-7-22(15-19)27-24(29)14-18(2)3/h5-9,15-16,18H,4,10-14,17H2,1-3H3,(H,26,30)(H,27,29). The SMILES string of the molecule is CCc1ccc(C(=O)NCc2cccc(NC(=O)CC(C)C)c2)cc1S(=O)(=O)N1CCOCC1. The minimum atomic E-state index is -3.72. The fourth-order valence-electron chi connectivity index (χ4n) is 3.78. The molecule has 1 aliphatic heterocycles. The van der Waals surface area contributed by atoms with Crippen molar-refractivity contribution in [2.24, 2.45) is 5.92 Å². The Labute approximate surface area is 201 Å². The number of carbonyl (C=O) groups excluding carboxylic acids is 2. The maximum Gasteiger partial charge on any atom is 0.251 e. The van der Waals surface area contributed by atoms with Crippen LogP contribution in [0, 0.1) is 5.92 Å². The van der Waals surface area contributed by atoms with Crippen LogP contribution in [0.4, 0.5) is 5.69 Å². The monoisotopic (exact) mass is 487 g/mol. The predicted molar refractivity (Wildman–Crippen MR) is 131 cm³/mol. The molecule has 184 valence electrons. The summed E-state index contributed by atoms with van der Waals surface area (Å²) in [5, 5.41) is 5.71. The molecule has 0 bridgehead atoms. The molecule has 2 aromatic rings. The first-order valence-electron chi connectivity index (χ1n) is 11.6. The van der Waals surface area contributed by atoms with Crippen LogP contribution in [0.15, 0.2) is 47.4 Å². The van der Waals surface area contributed by atoms with Gasteiger partial charge in [0, 0.05) is 37.3 Å². The molecule has 34 heavy (non-hydrogen) atoms. The molecule has 0 spiro atoms. The number of benzene rings is 2. The average Bonchev–Trinajstić information content (AvgIpc) is 2.82. The lowest BCUT2D eigenvalue weighted by molar-refractivity contribution is -0.116. The third kappa shape index (κ3) is 6.65. The Hall–Kier alpha value is -2.75. The Bertz CT molecular complexity index is 1130.